The quantitative estimate of drug-likeness (QED) is 0.812. The maximum atomic E-state index is 12.3. The highest BCUT2D eigenvalue weighted by Gasteiger charge is 2.33. The second-order valence-electron chi connectivity index (χ2n) is 6.20. The average molecular weight is 309 g/mol. The van der Waals surface area contributed by atoms with Crippen LogP contribution in [0.4, 0.5) is 0 Å². The van der Waals surface area contributed by atoms with Gasteiger partial charge in [-0.15, -0.1) is 0 Å². The Morgan fingerprint density at radius 2 is 1.74 bits per heavy atom. The fraction of sp³-hybridized carbons (Fsp3) is 0.350. The summed E-state index contributed by atoms with van der Waals surface area (Å²) in [7, 11) is 0. The molecule has 0 aromatic heterocycles. The predicted octanol–water partition coefficient (Wildman–Crippen LogP) is 3.81. The number of carbonyl (C=O) groups excluding carboxylic acids is 1. The Morgan fingerprint density at radius 1 is 1.09 bits per heavy atom. The van der Waals surface area contributed by atoms with Gasteiger partial charge in [0.2, 0.25) is 5.91 Å². The third kappa shape index (κ3) is 3.99. The first-order valence-corrected chi connectivity index (χ1v) is 8.20. The van der Waals surface area contributed by atoms with Crippen LogP contribution in [0.2, 0.25) is 0 Å². The van der Waals surface area contributed by atoms with Gasteiger partial charge in [0.25, 0.3) is 0 Å². The second kappa shape index (κ2) is 7.42. The van der Waals surface area contributed by atoms with E-state index in [0.717, 1.165) is 6.54 Å². The summed E-state index contributed by atoms with van der Waals surface area (Å²) in [5.74, 6) is 0.520. The number of hydrogen-bond donors (Lipinski definition) is 0. The van der Waals surface area contributed by atoms with Gasteiger partial charge in [-0.05, 0) is 18.1 Å². The summed E-state index contributed by atoms with van der Waals surface area (Å²) in [6.45, 7) is 4.13. The predicted molar refractivity (Wildman–Crippen MR) is 90.8 cm³/mol. The van der Waals surface area contributed by atoms with Crippen molar-refractivity contribution in [1.29, 1.82) is 0 Å². The lowest BCUT2D eigenvalue weighted by molar-refractivity contribution is -0.129. The largest absolute Gasteiger partial charge is 0.376 e. The molecule has 0 N–H and O–H groups in total. The molecule has 0 bridgehead atoms. The van der Waals surface area contributed by atoms with Crippen LogP contribution in [0, 0.1) is 5.92 Å². The molecule has 1 aliphatic rings. The van der Waals surface area contributed by atoms with Gasteiger partial charge in [0.1, 0.15) is 0 Å². The normalized spacial score (nSPS) is 19.1. The maximum absolute atomic E-state index is 12.3. The molecular weight excluding hydrogens is 286 g/mol. The van der Waals surface area contributed by atoms with Crippen LogP contribution in [-0.2, 0) is 16.1 Å². The van der Waals surface area contributed by atoms with Crippen molar-refractivity contribution in [2.45, 2.75) is 26.0 Å². The lowest BCUT2D eigenvalue weighted by Crippen LogP contribution is -2.28. The molecule has 0 unspecified atom stereocenters. The molecule has 0 radical (unpaired) electrons. The number of benzene rings is 2. The SMILES string of the molecule is C[C@@H](c1ccccc1)N1C[C@@H](COCc2ccccc2)CC1=O. The van der Waals surface area contributed by atoms with Crippen molar-refractivity contribution in [2.75, 3.05) is 13.2 Å². The smallest absolute Gasteiger partial charge is 0.223 e. The van der Waals surface area contributed by atoms with Crippen LogP contribution in [0.15, 0.2) is 60.7 Å². The van der Waals surface area contributed by atoms with Gasteiger partial charge in [-0.1, -0.05) is 60.7 Å². The third-order valence-corrected chi connectivity index (χ3v) is 4.45. The van der Waals surface area contributed by atoms with E-state index in [0.29, 0.717) is 19.6 Å². The minimum Gasteiger partial charge on any atom is -0.376 e. The van der Waals surface area contributed by atoms with Gasteiger partial charge in [0, 0.05) is 18.9 Å². The molecule has 1 fully saturated rings. The molecule has 120 valence electrons. The zero-order valence-electron chi connectivity index (χ0n) is 13.5. The van der Waals surface area contributed by atoms with Gasteiger partial charge in [-0.3, -0.25) is 4.79 Å². The van der Waals surface area contributed by atoms with E-state index < -0.39 is 0 Å². The highest BCUT2D eigenvalue weighted by molar-refractivity contribution is 5.79. The summed E-state index contributed by atoms with van der Waals surface area (Å²) < 4.78 is 5.81. The molecule has 2 aromatic rings. The fourth-order valence-electron chi connectivity index (χ4n) is 3.12. The van der Waals surface area contributed by atoms with Crippen molar-refractivity contribution in [3.05, 3.63) is 71.8 Å². The minimum absolute atomic E-state index is 0.128. The Bertz CT molecular complexity index is 627. The van der Waals surface area contributed by atoms with Crippen molar-refractivity contribution in [1.82, 2.24) is 4.90 Å². The molecule has 0 saturated carbocycles. The molecule has 1 saturated heterocycles. The molecule has 23 heavy (non-hydrogen) atoms. The molecule has 1 heterocycles. The summed E-state index contributed by atoms with van der Waals surface area (Å²) in [5, 5.41) is 0. The zero-order chi connectivity index (χ0) is 16.1. The van der Waals surface area contributed by atoms with Crippen LogP contribution in [0.5, 0.6) is 0 Å². The number of ether oxygens (including phenoxy) is 1. The number of likely N-dealkylation sites (tertiary alicyclic amines) is 1. The molecule has 2 atom stereocenters. The standard InChI is InChI=1S/C20H23NO2/c1-16(19-10-6-3-7-11-19)21-13-18(12-20(21)22)15-23-14-17-8-4-2-5-9-17/h2-11,16,18H,12-15H2,1H3/t16-,18-/m0/s1. The number of amides is 1. The van der Waals surface area contributed by atoms with E-state index in [1.54, 1.807) is 0 Å². The summed E-state index contributed by atoms with van der Waals surface area (Å²) in [5.41, 5.74) is 2.36. The summed E-state index contributed by atoms with van der Waals surface area (Å²) in [6, 6.07) is 20.5. The first kappa shape index (κ1) is 15.8. The van der Waals surface area contributed by atoms with Crippen LogP contribution in [0.3, 0.4) is 0 Å². The molecule has 3 nitrogen and oxygen atoms in total. The number of hydrogen-bond acceptors (Lipinski definition) is 2. The van der Waals surface area contributed by atoms with E-state index in [-0.39, 0.29) is 17.9 Å². The van der Waals surface area contributed by atoms with Crippen molar-refractivity contribution in [2.24, 2.45) is 5.92 Å². The third-order valence-electron chi connectivity index (χ3n) is 4.45. The van der Waals surface area contributed by atoms with Gasteiger partial charge in [-0.25, -0.2) is 0 Å². The van der Waals surface area contributed by atoms with Crippen LogP contribution in [0.25, 0.3) is 0 Å². The first-order valence-electron chi connectivity index (χ1n) is 8.20. The Balaban J connectivity index is 1.51. The fourth-order valence-corrected chi connectivity index (χ4v) is 3.12. The summed E-state index contributed by atoms with van der Waals surface area (Å²) in [6.07, 6.45) is 0.589. The second-order valence-corrected chi connectivity index (χ2v) is 6.20. The van der Waals surface area contributed by atoms with Crippen molar-refractivity contribution < 1.29 is 9.53 Å². The molecule has 1 amide bonds. The van der Waals surface area contributed by atoms with Crippen molar-refractivity contribution >= 4 is 5.91 Å². The van der Waals surface area contributed by atoms with Gasteiger partial charge in [0.15, 0.2) is 0 Å². The Hall–Kier alpha value is -2.13. The van der Waals surface area contributed by atoms with Gasteiger partial charge < -0.3 is 9.64 Å². The van der Waals surface area contributed by atoms with Gasteiger partial charge >= 0.3 is 0 Å². The highest BCUT2D eigenvalue weighted by atomic mass is 16.5. The Morgan fingerprint density at radius 3 is 2.43 bits per heavy atom. The van der Waals surface area contributed by atoms with E-state index in [1.165, 1.54) is 11.1 Å². The topological polar surface area (TPSA) is 29.5 Å². The molecular formula is C20H23NO2. The minimum atomic E-state index is 0.128. The lowest BCUT2D eigenvalue weighted by atomic mass is 10.1. The van der Waals surface area contributed by atoms with Gasteiger partial charge in [-0.2, -0.15) is 0 Å². The van der Waals surface area contributed by atoms with Crippen molar-refractivity contribution in [3.8, 4) is 0 Å². The molecule has 0 spiro atoms. The highest BCUT2D eigenvalue weighted by Crippen LogP contribution is 2.28. The number of carbonyl (C=O) groups is 1. The first-order chi connectivity index (χ1) is 11.2. The number of rotatable bonds is 6. The Labute approximate surface area is 137 Å². The maximum Gasteiger partial charge on any atom is 0.223 e. The van der Waals surface area contributed by atoms with Crippen LogP contribution >= 0.6 is 0 Å². The molecule has 3 rings (SSSR count). The average Bonchev–Trinajstić information content (AvgIpc) is 2.97. The van der Waals surface area contributed by atoms with Crippen molar-refractivity contribution in [3.63, 3.8) is 0 Å². The van der Waals surface area contributed by atoms with E-state index >= 15 is 0 Å². The van der Waals surface area contributed by atoms with E-state index in [9.17, 15) is 4.79 Å². The van der Waals surface area contributed by atoms with Gasteiger partial charge in [0.05, 0.1) is 19.3 Å². The number of nitrogens with zero attached hydrogens (tertiary/aromatic N) is 1. The van der Waals surface area contributed by atoms with E-state index in [4.69, 9.17) is 4.74 Å². The van der Waals surface area contributed by atoms with E-state index in [2.05, 4.69) is 31.2 Å². The monoisotopic (exact) mass is 309 g/mol. The van der Waals surface area contributed by atoms with Crippen LogP contribution in [0.1, 0.15) is 30.5 Å². The Kier molecular flexibility index (Phi) is 5.09. The zero-order valence-corrected chi connectivity index (χ0v) is 13.5. The molecule has 1 aliphatic heterocycles. The summed E-state index contributed by atoms with van der Waals surface area (Å²) in [4.78, 5) is 14.3. The van der Waals surface area contributed by atoms with E-state index in [1.807, 2.05) is 41.3 Å². The molecule has 2 aromatic carbocycles. The summed E-state index contributed by atoms with van der Waals surface area (Å²) >= 11 is 0. The molecule has 0 aliphatic carbocycles. The van der Waals surface area contributed by atoms with Crippen LogP contribution in [-0.4, -0.2) is 24.0 Å². The molecule has 3 heteroatoms. The van der Waals surface area contributed by atoms with Crippen LogP contribution < -0.4 is 0 Å². The lowest BCUT2D eigenvalue weighted by Gasteiger charge is -2.25.